The maximum absolute atomic E-state index is 11.7. The van der Waals surface area contributed by atoms with Crippen LogP contribution in [0.5, 0.6) is 5.75 Å². The van der Waals surface area contributed by atoms with Crippen molar-refractivity contribution >= 4 is 40.9 Å². The van der Waals surface area contributed by atoms with Gasteiger partial charge in [0.15, 0.2) is 10.6 Å². The van der Waals surface area contributed by atoms with Gasteiger partial charge in [0, 0.05) is 25.0 Å². The highest BCUT2D eigenvalue weighted by Crippen LogP contribution is 2.23. The number of ketones is 1. The Morgan fingerprint density at radius 2 is 1.80 bits per heavy atom. The summed E-state index contributed by atoms with van der Waals surface area (Å²) in [7, 11) is 0. The molecule has 0 radical (unpaired) electrons. The first kappa shape index (κ1) is 16.5. The molecular formula is C13H12Cl2O5. The molecule has 0 saturated carbocycles. The third-order valence-corrected chi connectivity index (χ3v) is 2.62. The Morgan fingerprint density at radius 3 is 2.30 bits per heavy atom. The first-order valence-corrected chi connectivity index (χ1v) is 6.45. The van der Waals surface area contributed by atoms with Gasteiger partial charge in [-0.05, 0) is 18.2 Å². The van der Waals surface area contributed by atoms with Gasteiger partial charge in [0.1, 0.15) is 12.4 Å². The van der Waals surface area contributed by atoms with Crippen molar-refractivity contribution in [1.82, 2.24) is 0 Å². The SMILES string of the molecule is CC(=O)OCc1cc(C(=O)C(Cl)Cl)ccc1OC(C)=O. The fourth-order valence-corrected chi connectivity index (χ4v) is 1.66. The third-order valence-electron chi connectivity index (χ3n) is 2.23. The molecule has 0 aliphatic heterocycles. The second kappa shape index (κ2) is 7.26. The van der Waals surface area contributed by atoms with E-state index in [0.29, 0.717) is 5.56 Å². The van der Waals surface area contributed by atoms with Gasteiger partial charge >= 0.3 is 11.9 Å². The Kier molecular flexibility index (Phi) is 5.98. The lowest BCUT2D eigenvalue weighted by Gasteiger charge is -2.11. The summed E-state index contributed by atoms with van der Waals surface area (Å²) < 4.78 is 9.80. The Labute approximate surface area is 125 Å². The molecule has 5 nitrogen and oxygen atoms in total. The van der Waals surface area contributed by atoms with Gasteiger partial charge < -0.3 is 9.47 Å². The lowest BCUT2D eigenvalue weighted by molar-refractivity contribution is -0.142. The summed E-state index contributed by atoms with van der Waals surface area (Å²) in [6.07, 6.45) is 0. The Bertz CT molecular complexity index is 540. The van der Waals surface area contributed by atoms with Crippen LogP contribution in [0, 0.1) is 0 Å². The highest BCUT2D eigenvalue weighted by molar-refractivity contribution is 6.55. The third kappa shape index (κ3) is 4.83. The maximum atomic E-state index is 11.7. The number of carbonyl (C=O) groups excluding carboxylic acids is 3. The summed E-state index contributed by atoms with van der Waals surface area (Å²) in [6, 6.07) is 4.26. The Hall–Kier alpha value is -1.59. The van der Waals surface area contributed by atoms with Crippen molar-refractivity contribution < 1.29 is 23.9 Å². The van der Waals surface area contributed by atoms with E-state index in [1.165, 1.54) is 32.0 Å². The molecule has 0 fully saturated rings. The second-order valence-corrected chi connectivity index (χ2v) is 4.96. The summed E-state index contributed by atoms with van der Waals surface area (Å²) in [6.45, 7) is 2.35. The average molecular weight is 319 g/mol. The van der Waals surface area contributed by atoms with Crippen molar-refractivity contribution in [3.8, 4) is 5.75 Å². The molecule has 0 amide bonds. The lowest BCUT2D eigenvalue weighted by Crippen LogP contribution is -2.11. The van der Waals surface area contributed by atoms with E-state index in [2.05, 4.69) is 0 Å². The number of hydrogen-bond acceptors (Lipinski definition) is 5. The van der Waals surface area contributed by atoms with E-state index in [-0.39, 0.29) is 17.9 Å². The molecule has 1 rings (SSSR count). The summed E-state index contributed by atoms with van der Waals surface area (Å²) in [5, 5.41) is 0. The Balaban J connectivity index is 3.10. The minimum absolute atomic E-state index is 0.131. The van der Waals surface area contributed by atoms with Crippen LogP contribution >= 0.6 is 23.2 Å². The summed E-state index contributed by atoms with van der Waals surface area (Å²) in [5.41, 5.74) is 0.605. The molecule has 0 aromatic heterocycles. The van der Waals surface area contributed by atoms with Crippen LogP contribution in [0.1, 0.15) is 29.8 Å². The molecule has 0 aliphatic rings. The van der Waals surface area contributed by atoms with Crippen molar-refractivity contribution in [1.29, 1.82) is 0 Å². The quantitative estimate of drug-likeness (QED) is 0.361. The fraction of sp³-hybridized carbons (Fsp3) is 0.308. The van der Waals surface area contributed by atoms with Crippen LogP contribution in [0.4, 0.5) is 0 Å². The predicted molar refractivity (Wildman–Crippen MR) is 73.0 cm³/mol. The van der Waals surface area contributed by atoms with Gasteiger partial charge in [0.05, 0.1) is 0 Å². The van der Waals surface area contributed by atoms with Crippen LogP contribution in [0.3, 0.4) is 0 Å². The normalized spacial score (nSPS) is 10.2. The highest BCUT2D eigenvalue weighted by atomic mass is 35.5. The molecule has 0 atom stereocenters. The number of halogens is 2. The van der Waals surface area contributed by atoms with Crippen LogP contribution in [-0.2, 0) is 20.9 Å². The molecule has 0 bridgehead atoms. The largest absolute Gasteiger partial charge is 0.461 e. The molecule has 0 saturated heterocycles. The minimum atomic E-state index is -1.20. The Morgan fingerprint density at radius 1 is 1.15 bits per heavy atom. The molecule has 108 valence electrons. The van der Waals surface area contributed by atoms with Crippen molar-refractivity contribution in [2.24, 2.45) is 0 Å². The van der Waals surface area contributed by atoms with Crippen molar-refractivity contribution in [3.63, 3.8) is 0 Å². The predicted octanol–water partition coefficient (Wildman–Crippen LogP) is 2.66. The monoisotopic (exact) mass is 318 g/mol. The highest BCUT2D eigenvalue weighted by Gasteiger charge is 2.17. The van der Waals surface area contributed by atoms with E-state index >= 15 is 0 Å². The summed E-state index contributed by atoms with van der Waals surface area (Å²) in [4.78, 5) is 32.3. The fourth-order valence-electron chi connectivity index (χ4n) is 1.41. The zero-order chi connectivity index (χ0) is 15.3. The molecule has 1 aromatic carbocycles. The van der Waals surface area contributed by atoms with Gasteiger partial charge in [0.25, 0.3) is 0 Å². The minimum Gasteiger partial charge on any atom is -0.461 e. The molecule has 7 heteroatoms. The number of rotatable bonds is 5. The zero-order valence-corrected chi connectivity index (χ0v) is 12.3. The molecule has 0 N–H and O–H groups in total. The maximum Gasteiger partial charge on any atom is 0.308 e. The first-order valence-electron chi connectivity index (χ1n) is 5.58. The van der Waals surface area contributed by atoms with Gasteiger partial charge in [-0.25, -0.2) is 0 Å². The van der Waals surface area contributed by atoms with Gasteiger partial charge in [-0.15, -0.1) is 0 Å². The van der Waals surface area contributed by atoms with Crippen LogP contribution in [-0.4, -0.2) is 22.6 Å². The number of esters is 2. The van der Waals surface area contributed by atoms with E-state index in [0.717, 1.165) is 0 Å². The number of Topliss-reactive ketones (excluding diaryl/α,β-unsaturated/α-hetero) is 1. The smallest absolute Gasteiger partial charge is 0.308 e. The number of carbonyl (C=O) groups is 3. The number of hydrogen-bond donors (Lipinski definition) is 0. The molecule has 0 spiro atoms. The van der Waals surface area contributed by atoms with Crippen molar-refractivity contribution in [2.75, 3.05) is 0 Å². The molecule has 1 aromatic rings. The summed E-state index contributed by atoms with van der Waals surface area (Å²) >= 11 is 11.0. The van der Waals surface area contributed by atoms with Crippen LogP contribution in [0.25, 0.3) is 0 Å². The van der Waals surface area contributed by atoms with Crippen molar-refractivity contribution in [2.45, 2.75) is 25.3 Å². The molecule has 0 heterocycles. The standard InChI is InChI=1S/C13H12Cl2O5/c1-7(16)19-6-10-5-9(12(18)13(14)15)3-4-11(10)20-8(2)17/h3-5,13H,6H2,1-2H3. The van der Waals surface area contributed by atoms with Gasteiger partial charge in [-0.3, -0.25) is 14.4 Å². The summed E-state index contributed by atoms with van der Waals surface area (Å²) in [5.74, 6) is -1.31. The van der Waals surface area contributed by atoms with E-state index in [1.807, 2.05) is 0 Å². The topological polar surface area (TPSA) is 69.7 Å². The van der Waals surface area contributed by atoms with Gasteiger partial charge in [0.2, 0.25) is 0 Å². The number of alkyl halides is 2. The zero-order valence-electron chi connectivity index (χ0n) is 10.8. The van der Waals surface area contributed by atoms with E-state index < -0.39 is 22.6 Å². The number of benzene rings is 1. The van der Waals surface area contributed by atoms with E-state index in [9.17, 15) is 14.4 Å². The average Bonchev–Trinajstić information content (AvgIpc) is 2.35. The van der Waals surface area contributed by atoms with E-state index in [4.69, 9.17) is 32.7 Å². The van der Waals surface area contributed by atoms with Gasteiger partial charge in [-0.2, -0.15) is 0 Å². The number of ether oxygens (including phenoxy) is 2. The van der Waals surface area contributed by atoms with Crippen LogP contribution in [0.2, 0.25) is 0 Å². The van der Waals surface area contributed by atoms with Gasteiger partial charge in [-0.1, -0.05) is 23.2 Å². The first-order chi connectivity index (χ1) is 9.31. The van der Waals surface area contributed by atoms with Crippen LogP contribution < -0.4 is 4.74 Å². The molecule has 20 heavy (non-hydrogen) atoms. The van der Waals surface area contributed by atoms with Crippen LogP contribution in [0.15, 0.2) is 18.2 Å². The second-order valence-electron chi connectivity index (χ2n) is 3.86. The van der Waals surface area contributed by atoms with E-state index in [1.54, 1.807) is 0 Å². The van der Waals surface area contributed by atoms with Crippen molar-refractivity contribution in [3.05, 3.63) is 29.3 Å². The molecule has 0 aliphatic carbocycles. The lowest BCUT2D eigenvalue weighted by atomic mass is 10.1. The molecular weight excluding hydrogens is 307 g/mol. The molecule has 0 unspecified atom stereocenters.